The van der Waals surface area contributed by atoms with E-state index in [0.717, 1.165) is 12.8 Å². The molecule has 50 valence electrons. The van der Waals surface area contributed by atoms with Crippen molar-refractivity contribution in [3.05, 3.63) is 0 Å². The summed E-state index contributed by atoms with van der Waals surface area (Å²) in [5.74, 6) is 0. The molecule has 0 amide bonds. The predicted molar refractivity (Wildman–Crippen MR) is 38.7 cm³/mol. The van der Waals surface area contributed by atoms with E-state index >= 15 is 0 Å². The Bertz CT molecular complexity index is 57.0. The molecule has 0 aromatic carbocycles. The molecule has 0 spiro atoms. The first kappa shape index (κ1) is 12.9. The van der Waals surface area contributed by atoms with Crippen molar-refractivity contribution in [1.29, 1.82) is 0 Å². The van der Waals surface area contributed by atoms with Crippen LogP contribution in [0.3, 0.4) is 0 Å². The van der Waals surface area contributed by atoms with Crippen LogP contribution in [0, 0.1) is 0 Å². The van der Waals surface area contributed by atoms with Crippen molar-refractivity contribution in [3.8, 4) is 0 Å². The van der Waals surface area contributed by atoms with Gasteiger partial charge in [0.05, 0.1) is 6.61 Å². The van der Waals surface area contributed by atoms with Gasteiger partial charge < -0.3 is 4.74 Å². The number of unbranched alkanes of at least 4 members (excludes halogenated alkanes) is 2. The summed E-state index contributed by atoms with van der Waals surface area (Å²) in [6, 6.07) is 0. The van der Waals surface area contributed by atoms with Gasteiger partial charge in [-0.2, -0.15) is 0 Å². The van der Waals surface area contributed by atoms with Crippen LogP contribution in [-0.2, 0) is 9.53 Å². The fourth-order valence-electron chi connectivity index (χ4n) is 0.484. The molecule has 0 saturated heterocycles. The molecule has 0 unspecified atom stereocenters. The molecular weight excluding hydrogens is 190 g/mol. The second kappa shape index (κ2) is 12.0. The van der Waals surface area contributed by atoms with E-state index in [0.29, 0.717) is 13.1 Å². The summed E-state index contributed by atoms with van der Waals surface area (Å²) < 4.78 is 4.46. The van der Waals surface area contributed by atoms with E-state index in [-0.39, 0.29) is 58.2 Å². The van der Waals surface area contributed by atoms with Crippen molar-refractivity contribution in [3.63, 3.8) is 0 Å². The Balaban J connectivity index is 0. The third-order valence-electron chi connectivity index (χ3n) is 0.934. The molecule has 0 aromatic heterocycles. The molecule has 9 heavy (non-hydrogen) atoms. The summed E-state index contributed by atoms with van der Waals surface area (Å²) >= 11 is 0. The second-order valence-electron chi connectivity index (χ2n) is 1.67. The van der Waals surface area contributed by atoms with Crippen LogP contribution >= 0.6 is 0 Å². The zero-order valence-corrected chi connectivity index (χ0v) is 5.22. The molecule has 2 nitrogen and oxygen atoms in total. The van der Waals surface area contributed by atoms with Crippen LogP contribution in [-0.4, -0.2) is 71.3 Å². The van der Waals surface area contributed by atoms with Crippen LogP contribution in [0.1, 0.15) is 26.2 Å². The average Bonchev–Trinajstić information content (AvgIpc) is 1.81. The van der Waals surface area contributed by atoms with Gasteiger partial charge in [0.25, 0.3) is 6.47 Å². The van der Waals surface area contributed by atoms with E-state index in [1.54, 1.807) is 0 Å². The first-order valence-corrected chi connectivity index (χ1v) is 2.97. The molecule has 3 heteroatoms. The quantitative estimate of drug-likeness (QED) is 0.485. The van der Waals surface area contributed by atoms with Crippen molar-refractivity contribution < 1.29 is 9.53 Å². The summed E-state index contributed by atoms with van der Waals surface area (Å²) in [5, 5.41) is 0. The molecule has 0 bridgehead atoms. The van der Waals surface area contributed by atoms with Crippen LogP contribution in [0.5, 0.6) is 0 Å². The maximum atomic E-state index is 9.55. The van der Waals surface area contributed by atoms with Crippen molar-refractivity contribution in [2.75, 3.05) is 6.61 Å². The molecule has 0 rings (SSSR count). The topological polar surface area (TPSA) is 26.3 Å². The summed E-state index contributed by atoms with van der Waals surface area (Å²) in [4.78, 5) is 9.55. The van der Waals surface area contributed by atoms with Gasteiger partial charge in [-0.25, -0.2) is 0 Å². The zero-order chi connectivity index (χ0) is 6.24. The molecule has 0 atom stereocenters. The summed E-state index contributed by atoms with van der Waals surface area (Å²) in [7, 11) is 0. The fourth-order valence-corrected chi connectivity index (χ4v) is 0.484. The van der Waals surface area contributed by atoms with E-state index < -0.39 is 0 Å². The molecule has 0 aliphatic rings. The Morgan fingerprint density at radius 1 is 1.44 bits per heavy atom. The molecule has 0 aliphatic heterocycles. The Labute approximate surface area is 105 Å². The van der Waals surface area contributed by atoms with E-state index in [4.69, 9.17) is 0 Å². The van der Waals surface area contributed by atoms with Gasteiger partial charge >= 0.3 is 58.2 Å². The number of hydrogen-bond donors (Lipinski definition) is 0. The molecule has 0 N–H and O–H groups in total. The fraction of sp³-hybridized carbons (Fsp3) is 0.833. The Morgan fingerprint density at radius 2 is 2.11 bits per heavy atom. The van der Waals surface area contributed by atoms with Gasteiger partial charge in [-0.3, -0.25) is 4.79 Å². The number of rotatable bonds is 5. The Morgan fingerprint density at radius 3 is 2.56 bits per heavy atom. The monoisotopic (exact) mass is 202 g/mol. The van der Waals surface area contributed by atoms with Crippen LogP contribution in [0.4, 0.5) is 0 Å². The van der Waals surface area contributed by atoms with Crippen molar-refractivity contribution >= 4 is 64.7 Å². The van der Waals surface area contributed by atoms with Gasteiger partial charge in [0.2, 0.25) is 0 Å². The van der Waals surface area contributed by atoms with E-state index in [1.165, 1.54) is 6.42 Å². The van der Waals surface area contributed by atoms with Gasteiger partial charge in [0.1, 0.15) is 0 Å². The number of carbonyl (C=O) groups excluding carboxylic acids is 1. The maximum absolute atomic E-state index is 9.55. The summed E-state index contributed by atoms with van der Waals surface area (Å²) in [5.41, 5.74) is 0. The van der Waals surface area contributed by atoms with Gasteiger partial charge in [0, 0.05) is 0 Å². The van der Waals surface area contributed by atoms with E-state index in [2.05, 4.69) is 11.7 Å². The van der Waals surface area contributed by atoms with Crippen LogP contribution < -0.4 is 0 Å². The zero-order valence-electron chi connectivity index (χ0n) is 5.22. The van der Waals surface area contributed by atoms with Gasteiger partial charge in [-0.05, 0) is 6.42 Å². The van der Waals surface area contributed by atoms with Crippen molar-refractivity contribution in [1.82, 2.24) is 0 Å². The molecular formula is C6H13O2Rb. The minimum atomic E-state index is 0. The van der Waals surface area contributed by atoms with E-state index in [9.17, 15) is 4.79 Å². The molecule has 0 aromatic rings. The second-order valence-corrected chi connectivity index (χ2v) is 1.67. The molecule has 0 heterocycles. The van der Waals surface area contributed by atoms with E-state index in [1.807, 2.05) is 0 Å². The minimum absolute atomic E-state index is 0. The third kappa shape index (κ3) is 12.5. The van der Waals surface area contributed by atoms with Gasteiger partial charge in [0.15, 0.2) is 0 Å². The summed E-state index contributed by atoms with van der Waals surface area (Å²) in [6.45, 7) is 3.19. The normalized spacial score (nSPS) is 7.67. The standard InChI is InChI=1S/C6H12O2.Rb.H/c1-2-3-4-5-8-6-7;;/h6H,2-5H2,1H3;;. The van der Waals surface area contributed by atoms with Crippen LogP contribution in [0.15, 0.2) is 0 Å². The molecule has 0 fully saturated rings. The van der Waals surface area contributed by atoms with Crippen molar-refractivity contribution in [2.24, 2.45) is 0 Å². The van der Waals surface area contributed by atoms with Gasteiger partial charge in [-0.1, -0.05) is 19.8 Å². The number of ether oxygens (including phenoxy) is 1. The predicted octanol–water partition coefficient (Wildman–Crippen LogP) is 0.701. The van der Waals surface area contributed by atoms with Crippen LogP contribution in [0.2, 0.25) is 0 Å². The Kier molecular flexibility index (Phi) is 17.2. The van der Waals surface area contributed by atoms with Crippen LogP contribution in [0.25, 0.3) is 0 Å². The SMILES string of the molecule is CCCCCOC=O.[RbH]. The number of carbonyl (C=O) groups is 1. The Hall–Kier alpha value is 1.28. The average molecular weight is 203 g/mol. The molecule has 0 aliphatic carbocycles. The van der Waals surface area contributed by atoms with Crippen molar-refractivity contribution in [2.45, 2.75) is 26.2 Å². The first-order valence-electron chi connectivity index (χ1n) is 2.97. The summed E-state index contributed by atoms with van der Waals surface area (Å²) in [6.07, 6.45) is 3.31. The van der Waals surface area contributed by atoms with Gasteiger partial charge in [-0.15, -0.1) is 0 Å². The number of hydrogen-bond acceptors (Lipinski definition) is 2. The molecule has 0 radical (unpaired) electrons. The first-order chi connectivity index (χ1) is 3.91. The third-order valence-corrected chi connectivity index (χ3v) is 0.934. The molecule has 0 saturated carbocycles.